The number of anilines is 1. The normalized spacial score (nSPS) is 14.7. The first-order chi connectivity index (χ1) is 10.7. The third kappa shape index (κ3) is 2.19. The Balaban J connectivity index is 1.78. The molecule has 114 valence electrons. The summed E-state index contributed by atoms with van der Waals surface area (Å²) in [5, 5.41) is 15.6. The van der Waals surface area contributed by atoms with E-state index in [2.05, 4.69) is 22.1 Å². The van der Waals surface area contributed by atoms with Crippen molar-refractivity contribution in [3.05, 3.63) is 35.0 Å². The Morgan fingerprint density at radius 1 is 1.27 bits per heavy atom. The minimum absolute atomic E-state index is 0.0558. The van der Waals surface area contributed by atoms with E-state index in [0.717, 1.165) is 32.6 Å². The molecule has 0 atom stereocenters. The Morgan fingerprint density at radius 3 is 2.59 bits per heavy atom. The minimum atomic E-state index is -0.0558. The van der Waals surface area contributed by atoms with E-state index in [9.17, 15) is 5.11 Å². The van der Waals surface area contributed by atoms with Crippen molar-refractivity contribution in [3.63, 3.8) is 0 Å². The number of aromatic nitrogens is 3. The summed E-state index contributed by atoms with van der Waals surface area (Å²) in [6.45, 7) is -0.0558. The Labute approximate surface area is 132 Å². The van der Waals surface area contributed by atoms with Gasteiger partial charge >= 0.3 is 0 Å². The molecule has 0 spiro atoms. The van der Waals surface area contributed by atoms with Gasteiger partial charge in [-0.1, -0.05) is 23.5 Å². The van der Waals surface area contributed by atoms with Crippen molar-refractivity contribution in [2.45, 2.75) is 25.4 Å². The quantitative estimate of drug-likeness (QED) is 0.804. The molecule has 1 saturated carbocycles. The summed E-state index contributed by atoms with van der Waals surface area (Å²) < 4.78 is 1.81. The van der Waals surface area contributed by atoms with E-state index in [4.69, 9.17) is 4.98 Å². The molecule has 1 aliphatic carbocycles. The van der Waals surface area contributed by atoms with E-state index in [1.165, 1.54) is 12.8 Å². The third-order valence-electron chi connectivity index (χ3n) is 4.05. The topological polar surface area (TPSA) is 53.7 Å². The zero-order chi connectivity index (χ0) is 15.3. The number of benzene rings is 1. The lowest BCUT2D eigenvalue weighted by atomic mass is 10.1. The fraction of sp³-hybridized carbons (Fsp3) is 0.375. The van der Waals surface area contributed by atoms with E-state index in [-0.39, 0.29) is 6.61 Å². The number of nitrogens with zero attached hydrogens (tertiary/aromatic N) is 4. The summed E-state index contributed by atoms with van der Waals surface area (Å²) >= 11 is 1.64. The Hall–Kier alpha value is -1.92. The highest BCUT2D eigenvalue weighted by molar-refractivity contribution is 7.16. The second kappa shape index (κ2) is 5.07. The van der Waals surface area contributed by atoms with Crippen molar-refractivity contribution >= 4 is 22.0 Å². The van der Waals surface area contributed by atoms with E-state index in [0.29, 0.717) is 5.92 Å². The van der Waals surface area contributed by atoms with Gasteiger partial charge in [-0.25, -0.2) is 9.50 Å². The Bertz CT molecular complexity index is 815. The van der Waals surface area contributed by atoms with E-state index < -0.39 is 0 Å². The minimum Gasteiger partial charge on any atom is -0.390 e. The zero-order valence-electron chi connectivity index (χ0n) is 12.7. The van der Waals surface area contributed by atoms with Gasteiger partial charge in [-0.3, -0.25) is 0 Å². The highest BCUT2D eigenvalue weighted by Gasteiger charge is 2.29. The number of fused-ring (bicyclic) bond motifs is 1. The highest BCUT2D eigenvalue weighted by atomic mass is 32.1. The molecule has 4 rings (SSSR count). The lowest BCUT2D eigenvalue weighted by Gasteiger charge is -2.12. The summed E-state index contributed by atoms with van der Waals surface area (Å²) in [6.07, 6.45) is 2.45. The van der Waals surface area contributed by atoms with Gasteiger partial charge in [-0.05, 0) is 25.0 Å². The smallest absolute Gasteiger partial charge is 0.213 e. The van der Waals surface area contributed by atoms with Crippen molar-refractivity contribution in [1.29, 1.82) is 0 Å². The van der Waals surface area contributed by atoms with Crippen LogP contribution in [0.5, 0.6) is 0 Å². The number of aliphatic hydroxyl groups is 1. The van der Waals surface area contributed by atoms with Gasteiger partial charge in [0.15, 0.2) is 0 Å². The molecule has 0 amide bonds. The molecule has 0 aliphatic heterocycles. The molecule has 2 aromatic heterocycles. The van der Waals surface area contributed by atoms with Gasteiger partial charge < -0.3 is 10.0 Å². The third-order valence-corrected chi connectivity index (χ3v) is 5.12. The van der Waals surface area contributed by atoms with Crippen molar-refractivity contribution in [3.8, 4) is 11.3 Å². The second-order valence-electron chi connectivity index (χ2n) is 5.92. The maximum Gasteiger partial charge on any atom is 0.213 e. The molecule has 5 nitrogen and oxygen atoms in total. The van der Waals surface area contributed by atoms with Crippen LogP contribution in [0.2, 0.25) is 0 Å². The number of imidazole rings is 1. The summed E-state index contributed by atoms with van der Waals surface area (Å²) in [7, 11) is 4.04. The van der Waals surface area contributed by atoms with Crippen LogP contribution in [0.25, 0.3) is 16.2 Å². The lowest BCUT2D eigenvalue weighted by molar-refractivity contribution is 0.275. The predicted molar refractivity (Wildman–Crippen MR) is 88.5 cm³/mol. The van der Waals surface area contributed by atoms with Crippen molar-refractivity contribution in [2.75, 3.05) is 19.0 Å². The van der Waals surface area contributed by atoms with Crippen LogP contribution in [0.3, 0.4) is 0 Å². The van der Waals surface area contributed by atoms with Gasteiger partial charge in [0.25, 0.3) is 0 Å². The second-order valence-corrected chi connectivity index (χ2v) is 6.90. The highest BCUT2D eigenvalue weighted by Crippen LogP contribution is 2.42. The maximum absolute atomic E-state index is 9.77. The molecule has 22 heavy (non-hydrogen) atoms. The first kappa shape index (κ1) is 13.7. The molecule has 0 unspecified atom stereocenters. The summed E-state index contributed by atoms with van der Waals surface area (Å²) in [6, 6.07) is 8.21. The average Bonchev–Trinajstić information content (AvgIpc) is 3.20. The van der Waals surface area contributed by atoms with Crippen LogP contribution >= 0.6 is 11.3 Å². The van der Waals surface area contributed by atoms with Gasteiger partial charge in [-0.15, -0.1) is 0 Å². The molecular formula is C16H18N4OS. The van der Waals surface area contributed by atoms with Crippen LogP contribution in [-0.2, 0) is 6.61 Å². The monoisotopic (exact) mass is 314 g/mol. The maximum atomic E-state index is 9.77. The standard InChI is InChI=1S/C16H18N4OS/c1-19(2)12-7-5-10(6-8-12)14-13(9-21)20-16(17-14)22-15(18-20)11-3-4-11/h5-8,11,21H,3-4,9H2,1-2H3. The van der Waals surface area contributed by atoms with Crippen molar-refractivity contribution in [2.24, 2.45) is 0 Å². The van der Waals surface area contributed by atoms with E-state index in [1.807, 2.05) is 30.7 Å². The first-order valence-electron chi connectivity index (χ1n) is 7.44. The van der Waals surface area contributed by atoms with Crippen molar-refractivity contribution < 1.29 is 5.11 Å². The molecule has 1 aliphatic rings. The molecular weight excluding hydrogens is 296 g/mol. The lowest BCUT2D eigenvalue weighted by Crippen LogP contribution is -2.08. The molecule has 3 aromatic rings. The molecule has 1 N–H and O–H groups in total. The first-order valence-corrected chi connectivity index (χ1v) is 8.26. The molecule has 1 aromatic carbocycles. The van der Waals surface area contributed by atoms with Crippen LogP contribution in [0.15, 0.2) is 24.3 Å². The number of aliphatic hydroxyl groups excluding tert-OH is 1. The molecule has 2 heterocycles. The van der Waals surface area contributed by atoms with Gasteiger partial charge in [0.1, 0.15) is 5.01 Å². The fourth-order valence-electron chi connectivity index (χ4n) is 2.59. The van der Waals surface area contributed by atoms with Crippen LogP contribution in [0, 0.1) is 0 Å². The Kier molecular flexibility index (Phi) is 3.16. The molecule has 6 heteroatoms. The van der Waals surface area contributed by atoms with E-state index >= 15 is 0 Å². The summed E-state index contributed by atoms with van der Waals surface area (Å²) in [5.41, 5.74) is 3.76. The van der Waals surface area contributed by atoms with Crippen molar-refractivity contribution in [1.82, 2.24) is 14.6 Å². The summed E-state index contributed by atoms with van der Waals surface area (Å²) in [5.74, 6) is 0.612. The van der Waals surface area contributed by atoms with E-state index in [1.54, 1.807) is 11.3 Å². The Morgan fingerprint density at radius 2 is 2.00 bits per heavy atom. The number of hydrogen-bond donors (Lipinski definition) is 1. The molecule has 1 fully saturated rings. The number of rotatable bonds is 4. The van der Waals surface area contributed by atoms with Gasteiger partial charge in [0.05, 0.1) is 18.0 Å². The van der Waals surface area contributed by atoms with Gasteiger partial charge in [-0.2, -0.15) is 5.10 Å². The van der Waals surface area contributed by atoms with Crippen LogP contribution in [0.1, 0.15) is 29.5 Å². The molecule has 0 bridgehead atoms. The molecule has 0 saturated heterocycles. The van der Waals surface area contributed by atoms with Gasteiger partial charge in [0.2, 0.25) is 4.96 Å². The SMILES string of the molecule is CN(C)c1ccc(-c2nc3sc(C4CC4)nn3c2CO)cc1. The van der Waals surface area contributed by atoms with Crippen LogP contribution in [-0.4, -0.2) is 33.8 Å². The summed E-state index contributed by atoms with van der Waals surface area (Å²) in [4.78, 5) is 7.64. The molecule has 0 radical (unpaired) electrons. The fourth-order valence-corrected chi connectivity index (χ4v) is 3.68. The van der Waals surface area contributed by atoms with Crippen LogP contribution in [0.4, 0.5) is 5.69 Å². The van der Waals surface area contributed by atoms with Gasteiger partial charge in [0, 0.05) is 31.3 Å². The van der Waals surface area contributed by atoms with Crippen LogP contribution < -0.4 is 4.90 Å². The largest absolute Gasteiger partial charge is 0.390 e. The predicted octanol–water partition coefficient (Wildman–Crippen LogP) is 2.89. The number of hydrogen-bond acceptors (Lipinski definition) is 5. The average molecular weight is 314 g/mol. The zero-order valence-corrected chi connectivity index (χ0v) is 13.5.